The Morgan fingerprint density at radius 3 is 1.11 bits per heavy atom. The first-order chi connectivity index (χ1) is 16.3. The van der Waals surface area contributed by atoms with E-state index in [0.717, 1.165) is 22.1 Å². The van der Waals surface area contributed by atoms with Gasteiger partial charge in [0.25, 0.3) is 0 Å². The Morgan fingerprint density at radius 2 is 0.778 bits per heavy atom. The van der Waals surface area contributed by atoms with Gasteiger partial charge < -0.3 is 33.8 Å². The van der Waals surface area contributed by atoms with E-state index in [1.54, 1.807) is 0 Å². The lowest BCUT2D eigenvalue weighted by molar-refractivity contribution is -0.904. The van der Waals surface area contributed by atoms with Crippen LogP contribution in [0.3, 0.4) is 0 Å². The largest absolute Gasteiger partial charge is 1.00 e. The summed E-state index contributed by atoms with van der Waals surface area (Å²) in [6, 6.07) is 9.46. The number of hydrogen-bond acceptors (Lipinski definition) is 0. The molecule has 0 aliphatic carbocycles. The molecule has 0 saturated heterocycles. The molecule has 0 aromatic heterocycles. The van der Waals surface area contributed by atoms with E-state index in [-0.39, 0.29) is 24.8 Å². The lowest BCUT2D eigenvalue weighted by Gasteiger charge is -2.31. The maximum atomic E-state index is 2.49. The standard InChI is InChI=1S/C32H62N2.2ClH/c1-7-9-11-13-15-17-19-21-26-33(3,4)29-31-24-23-25-32(28-31)30-34(5,6)27-22-20-18-16-14-12-10-8-2;;/h23-25,28H,7-22,26-27,29-30H2,1-6H3;2*1H/q+2;;/p-2. The highest BCUT2D eigenvalue weighted by atomic mass is 35.5. The fourth-order valence-electron chi connectivity index (χ4n) is 5.32. The van der Waals surface area contributed by atoms with Crippen LogP contribution in [0.25, 0.3) is 0 Å². The Morgan fingerprint density at radius 1 is 0.472 bits per heavy atom. The van der Waals surface area contributed by atoms with Gasteiger partial charge in [0.05, 0.1) is 41.3 Å². The van der Waals surface area contributed by atoms with Crippen LogP contribution in [0.5, 0.6) is 0 Å². The molecule has 0 N–H and O–H groups in total. The summed E-state index contributed by atoms with van der Waals surface area (Å²) in [7, 11) is 9.65. The van der Waals surface area contributed by atoms with Crippen LogP contribution in [0.15, 0.2) is 24.3 Å². The first kappa shape index (κ1) is 37.9. The van der Waals surface area contributed by atoms with Gasteiger partial charge in [0, 0.05) is 11.1 Å². The number of hydrogen-bond donors (Lipinski definition) is 0. The molecule has 0 bridgehead atoms. The van der Waals surface area contributed by atoms with Crippen LogP contribution >= 0.6 is 0 Å². The van der Waals surface area contributed by atoms with Crippen molar-refractivity contribution >= 4 is 0 Å². The SMILES string of the molecule is CCCCCCCCCC[N+](C)(C)Cc1cccc(C[N+](C)(C)CCCCCCCCCC)c1.[Cl-].[Cl-]. The third-order valence-electron chi connectivity index (χ3n) is 7.45. The fourth-order valence-corrected chi connectivity index (χ4v) is 5.32. The van der Waals surface area contributed by atoms with E-state index >= 15 is 0 Å². The molecule has 1 rings (SSSR count). The lowest BCUT2D eigenvalue weighted by Crippen LogP contribution is -3.00. The lowest BCUT2D eigenvalue weighted by atomic mass is 10.1. The Labute approximate surface area is 239 Å². The summed E-state index contributed by atoms with van der Waals surface area (Å²) < 4.78 is 2.21. The third-order valence-corrected chi connectivity index (χ3v) is 7.45. The van der Waals surface area contributed by atoms with Gasteiger partial charge in [0.1, 0.15) is 13.1 Å². The number of halogens is 2. The van der Waals surface area contributed by atoms with Crippen molar-refractivity contribution in [2.24, 2.45) is 0 Å². The van der Waals surface area contributed by atoms with Gasteiger partial charge in [-0.05, 0) is 31.7 Å². The molecule has 0 aliphatic rings. The molecule has 0 amide bonds. The quantitative estimate of drug-likeness (QED) is 0.155. The zero-order valence-corrected chi connectivity index (χ0v) is 26.6. The Hall–Kier alpha value is -0.280. The molecule has 2 nitrogen and oxygen atoms in total. The highest BCUT2D eigenvalue weighted by Gasteiger charge is 2.18. The molecule has 1 aromatic rings. The van der Waals surface area contributed by atoms with Crippen molar-refractivity contribution in [3.63, 3.8) is 0 Å². The van der Waals surface area contributed by atoms with E-state index in [1.165, 1.54) is 127 Å². The van der Waals surface area contributed by atoms with Crippen molar-refractivity contribution in [2.75, 3.05) is 41.3 Å². The first-order valence-electron chi connectivity index (χ1n) is 15.0. The Bertz CT molecular complexity index is 567. The molecule has 0 heterocycles. The van der Waals surface area contributed by atoms with E-state index in [1.807, 2.05) is 0 Å². The molecule has 0 unspecified atom stereocenters. The van der Waals surface area contributed by atoms with Gasteiger partial charge in [0.15, 0.2) is 0 Å². The van der Waals surface area contributed by atoms with Crippen molar-refractivity contribution in [2.45, 2.75) is 130 Å². The number of rotatable bonds is 22. The molecule has 36 heavy (non-hydrogen) atoms. The van der Waals surface area contributed by atoms with Crippen LogP contribution in [-0.2, 0) is 13.1 Å². The Balaban J connectivity index is 0. The number of unbranched alkanes of at least 4 members (excludes halogenated alkanes) is 14. The third kappa shape index (κ3) is 20.7. The number of quaternary nitrogens is 2. The van der Waals surface area contributed by atoms with Gasteiger partial charge in [-0.25, -0.2) is 0 Å². The average molecular weight is 546 g/mol. The highest BCUT2D eigenvalue weighted by molar-refractivity contribution is 5.22. The van der Waals surface area contributed by atoms with Crippen LogP contribution < -0.4 is 24.8 Å². The minimum absolute atomic E-state index is 0. The number of nitrogens with zero attached hydrogens (tertiary/aromatic N) is 2. The molecule has 0 spiro atoms. The minimum atomic E-state index is 0. The average Bonchev–Trinajstić information content (AvgIpc) is 2.77. The monoisotopic (exact) mass is 544 g/mol. The second-order valence-electron chi connectivity index (χ2n) is 12.4. The molecular weight excluding hydrogens is 483 g/mol. The van der Waals surface area contributed by atoms with Crippen molar-refractivity contribution in [1.82, 2.24) is 0 Å². The maximum absolute atomic E-state index is 2.49. The van der Waals surface area contributed by atoms with E-state index < -0.39 is 0 Å². The van der Waals surface area contributed by atoms with E-state index in [9.17, 15) is 0 Å². The summed E-state index contributed by atoms with van der Waals surface area (Å²) in [5.41, 5.74) is 3.02. The second-order valence-corrected chi connectivity index (χ2v) is 12.4. The summed E-state index contributed by atoms with van der Waals surface area (Å²) in [6.45, 7) is 9.48. The van der Waals surface area contributed by atoms with Gasteiger partial charge in [-0.3, -0.25) is 0 Å². The van der Waals surface area contributed by atoms with Crippen molar-refractivity contribution < 1.29 is 33.8 Å². The summed E-state index contributed by atoms with van der Waals surface area (Å²) in [4.78, 5) is 0. The zero-order chi connectivity index (χ0) is 25.1. The molecule has 0 saturated carbocycles. The van der Waals surface area contributed by atoms with Crippen molar-refractivity contribution in [3.05, 3.63) is 35.4 Å². The van der Waals surface area contributed by atoms with Crippen LogP contribution in [-0.4, -0.2) is 50.2 Å². The fraction of sp³-hybridized carbons (Fsp3) is 0.812. The summed E-state index contributed by atoms with van der Waals surface area (Å²) in [6.07, 6.45) is 22.5. The van der Waals surface area contributed by atoms with Gasteiger partial charge in [-0.15, -0.1) is 0 Å². The normalized spacial score (nSPS) is 11.7. The van der Waals surface area contributed by atoms with E-state index in [2.05, 4.69) is 66.3 Å². The molecular formula is C32H62Cl2N2. The molecule has 4 heteroatoms. The second kappa shape index (κ2) is 22.7. The predicted molar refractivity (Wildman–Crippen MR) is 153 cm³/mol. The Kier molecular flexibility index (Phi) is 23.9. The summed E-state index contributed by atoms with van der Waals surface area (Å²) in [5, 5.41) is 0. The first-order valence-corrected chi connectivity index (χ1v) is 15.0. The molecule has 0 aliphatic heterocycles. The molecule has 0 radical (unpaired) electrons. The smallest absolute Gasteiger partial charge is 0.104 e. The highest BCUT2D eigenvalue weighted by Crippen LogP contribution is 2.18. The minimum Gasteiger partial charge on any atom is -1.00 e. The predicted octanol–water partition coefficient (Wildman–Crippen LogP) is 3.13. The van der Waals surface area contributed by atoms with Crippen molar-refractivity contribution in [3.8, 4) is 0 Å². The topological polar surface area (TPSA) is 0 Å². The van der Waals surface area contributed by atoms with Gasteiger partial charge in [-0.1, -0.05) is 109 Å². The maximum Gasteiger partial charge on any atom is 0.104 e. The van der Waals surface area contributed by atoms with Crippen molar-refractivity contribution in [1.29, 1.82) is 0 Å². The van der Waals surface area contributed by atoms with Crippen LogP contribution in [0.4, 0.5) is 0 Å². The van der Waals surface area contributed by atoms with Gasteiger partial charge in [-0.2, -0.15) is 0 Å². The number of benzene rings is 1. The van der Waals surface area contributed by atoms with Gasteiger partial charge >= 0.3 is 0 Å². The zero-order valence-electron chi connectivity index (χ0n) is 25.1. The summed E-state index contributed by atoms with van der Waals surface area (Å²) in [5.74, 6) is 0. The molecule has 0 fully saturated rings. The molecule has 0 atom stereocenters. The van der Waals surface area contributed by atoms with Gasteiger partial charge in [0.2, 0.25) is 0 Å². The van der Waals surface area contributed by atoms with Crippen LogP contribution in [0.1, 0.15) is 128 Å². The molecule has 1 aromatic carbocycles. The van der Waals surface area contributed by atoms with Crippen LogP contribution in [0, 0.1) is 0 Å². The van der Waals surface area contributed by atoms with E-state index in [4.69, 9.17) is 0 Å². The van der Waals surface area contributed by atoms with Crippen LogP contribution in [0.2, 0.25) is 0 Å². The van der Waals surface area contributed by atoms with E-state index in [0.29, 0.717) is 0 Å². The summed E-state index contributed by atoms with van der Waals surface area (Å²) >= 11 is 0. The molecule has 214 valence electrons.